The van der Waals surface area contributed by atoms with Gasteiger partial charge in [0.1, 0.15) is 13.2 Å². The summed E-state index contributed by atoms with van der Waals surface area (Å²) in [5.41, 5.74) is 1.76. The first kappa shape index (κ1) is 25.0. The van der Waals surface area contributed by atoms with E-state index < -0.39 is 18.2 Å². The first-order valence-electron chi connectivity index (χ1n) is 10.2. The topological polar surface area (TPSA) is 103 Å². The van der Waals surface area contributed by atoms with Crippen molar-refractivity contribution >= 4 is 29.5 Å². The van der Waals surface area contributed by atoms with Gasteiger partial charge in [0.15, 0.2) is 0 Å². The Balaban J connectivity index is 2.51. The quantitative estimate of drug-likeness (QED) is 0.213. The molecule has 1 aromatic carbocycles. The van der Waals surface area contributed by atoms with Gasteiger partial charge in [-0.05, 0) is 37.0 Å². The van der Waals surface area contributed by atoms with Gasteiger partial charge in [-0.15, -0.1) is 0 Å². The average Bonchev–Trinajstić information content (AvgIpc) is 2.73. The third kappa shape index (κ3) is 9.95. The number of hydrogen-bond donors (Lipinski definition) is 2. The molecule has 1 aromatic rings. The molecule has 0 saturated heterocycles. The normalized spacial score (nSPS) is 11.2. The minimum Gasteiger partial charge on any atom is -0.459 e. The molecular formula is C22H32N2O6. The molecule has 1 atom stereocenters. The molecule has 2 N–H and O–H groups in total. The molecule has 0 heterocycles. The highest BCUT2D eigenvalue weighted by atomic mass is 16.6. The Hall–Kier alpha value is -3.03. The zero-order valence-corrected chi connectivity index (χ0v) is 18.0. The zero-order chi connectivity index (χ0) is 22.4. The molecule has 1 rings (SSSR count). The lowest BCUT2D eigenvalue weighted by atomic mass is 10.0. The lowest BCUT2D eigenvalue weighted by Crippen LogP contribution is -2.20. The second-order valence-corrected chi connectivity index (χ2v) is 6.80. The van der Waals surface area contributed by atoms with Gasteiger partial charge in [-0.1, -0.05) is 45.8 Å². The summed E-state index contributed by atoms with van der Waals surface area (Å²) in [6, 6.07) is 5.09. The van der Waals surface area contributed by atoms with Gasteiger partial charge < -0.3 is 14.2 Å². The highest BCUT2D eigenvalue weighted by Crippen LogP contribution is 2.21. The van der Waals surface area contributed by atoms with Gasteiger partial charge >= 0.3 is 18.2 Å². The zero-order valence-electron chi connectivity index (χ0n) is 18.0. The van der Waals surface area contributed by atoms with E-state index in [0.717, 1.165) is 37.3 Å². The highest BCUT2D eigenvalue weighted by Gasteiger charge is 2.12. The number of ether oxygens (including phenoxy) is 3. The molecule has 0 spiro atoms. The number of carbonyl (C=O) groups is 3. The fourth-order valence-corrected chi connectivity index (χ4v) is 2.56. The van der Waals surface area contributed by atoms with Crippen LogP contribution in [-0.4, -0.2) is 38.0 Å². The third-order valence-electron chi connectivity index (χ3n) is 4.44. The van der Waals surface area contributed by atoms with Crippen LogP contribution in [0.5, 0.6) is 0 Å². The van der Waals surface area contributed by atoms with E-state index >= 15 is 0 Å². The number of hydrogen-bond acceptors (Lipinski definition) is 6. The molecule has 30 heavy (non-hydrogen) atoms. The summed E-state index contributed by atoms with van der Waals surface area (Å²) in [4.78, 5) is 34.9. The van der Waals surface area contributed by atoms with E-state index in [-0.39, 0.29) is 13.2 Å². The molecule has 0 fully saturated rings. The Kier molecular flexibility index (Phi) is 11.7. The van der Waals surface area contributed by atoms with E-state index in [4.69, 9.17) is 14.2 Å². The van der Waals surface area contributed by atoms with Crippen molar-refractivity contribution < 1.29 is 28.6 Å². The summed E-state index contributed by atoms with van der Waals surface area (Å²) in [5.74, 6) is -0.234. The summed E-state index contributed by atoms with van der Waals surface area (Å²) in [6.45, 7) is 9.52. The Morgan fingerprint density at radius 2 is 1.77 bits per heavy atom. The second-order valence-electron chi connectivity index (χ2n) is 6.80. The maximum absolute atomic E-state index is 12.1. The van der Waals surface area contributed by atoms with Gasteiger partial charge in [0.2, 0.25) is 0 Å². The number of anilines is 2. The van der Waals surface area contributed by atoms with Crippen LogP contribution in [0.2, 0.25) is 0 Å². The fraction of sp³-hybridized carbons (Fsp3) is 0.500. The van der Waals surface area contributed by atoms with Crippen LogP contribution in [0, 0.1) is 12.8 Å². The molecule has 0 saturated carbocycles. The summed E-state index contributed by atoms with van der Waals surface area (Å²) in [7, 11) is 0. The highest BCUT2D eigenvalue weighted by molar-refractivity contribution is 5.89. The first-order valence-corrected chi connectivity index (χ1v) is 10.2. The van der Waals surface area contributed by atoms with E-state index in [1.807, 2.05) is 6.92 Å². The van der Waals surface area contributed by atoms with Crippen molar-refractivity contribution in [2.24, 2.45) is 5.92 Å². The number of nitrogens with one attached hydrogen (secondary N) is 2. The van der Waals surface area contributed by atoms with Crippen molar-refractivity contribution in [2.45, 2.75) is 46.5 Å². The molecule has 166 valence electrons. The van der Waals surface area contributed by atoms with Gasteiger partial charge in [-0.2, -0.15) is 0 Å². The Morgan fingerprint density at radius 3 is 2.43 bits per heavy atom. The van der Waals surface area contributed by atoms with E-state index in [2.05, 4.69) is 31.1 Å². The number of aryl methyl sites for hydroxylation is 1. The molecule has 8 heteroatoms. The monoisotopic (exact) mass is 420 g/mol. The summed E-state index contributed by atoms with van der Waals surface area (Å²) >= 11 is 0. The van der Waals surface area contributed by atoms with E-state index in [0.29, 0.717) is 23.9 Å². The molecule has 2 amide bonds. The van der Waals surface area contributed by atoms with E-state index in [1.165, 1.54) is 0 Å². The van der Waals surface area contributed by atoms with Crippen LogP contribution in [0.15, 0.2) is 30.9 Å². The maximum Gasteiger partial charge on any atom is 0.411 e. The van der Waals surface area contributed by atoms with E-state index in [9.17, 15) is 14.4 Å². The predicted octanol–water partition coefficient (Wildman–Crippen LogP) is 5.04. The van der Waals surface area contributed by atoms with Crippen LogP contribution >= 0.6 is 0 Å². The molecule has 0 aliphatic heterocycles. The number of amides is 2. The molecule has 0 aliphatic rings. The molecular weight excluding hydrogens is 388 g/mol. The van der Waals surface area contributed by atoms with Crippen molar-refractivity contribution in [3.63, 3.8) is 0 Å². The Bertz CT molecular complexity index is 720. The maximum atomic E-state index is 12.1. The first-order chi connectivity index (χ1) is 14.4. The standard InChI is InChI=1S/C22H32N2O6/c1-5-8-9-17(6-2)15-30-21(26)23-18-11-10-16(4)19(14-18)24-22(27)29-13-12-28-20(25)7-3/h7,10-11,14,17H,3,5-6,8-9,12-13,15H2,1-2,4H3,(H,23,26)(H,24,27). The van der Waals surface area contributed by atoms with Crippen LogP contribution in [0.3, 0.4) is 0 Å². The number of unbranched alkanes of at least 4 members (excludes halogenated alkanes) is 1. The van der Waals surface area contributed by atoms with Gasteiger partial charge in [0, 0.05) is 17.5 Å². The predicted molar refractivity (Wildman–Crippen MR) is 116 cm³/mol. The molecule has 0 radical (unpaired) electrons. The number of carbonyl (C=O) groups excluding carboxylic acids is 3. The molecule has 1 unspecified atom stereocenters. The largest absolute Gasteiger partial charge is 0.459 e. The van der Waals surface area contributed by atoms with Crippen LogP contribution < -0.4 is 10.6 Å². The SMILES string of the molecule is C=CC(=O)OCCOC(=O)Nc1cc(NC(=O)OCC(CC)CCCC)ccc1C. The van der Waals surface area contributed by atoms with E-state index in [1.54, 1.807) is 18.2 Å². The lowest BCUT2D eigenvalue weighted by molar-refractivity contribution is -0.138. The van der Waals surface area contributed by atoms with Gasteiger partial charge in [0.05, 0.1) is 6.61 Å². The molecule has 0 aliphatic carbocycles. The van der Waals surface area contributed by atoms with Crippen molar-refractivity contribution in [1.82, 2.24) is 0 Å². The van der Waals surface area contributed by atoms with Gasteiger partial charge in [-0.3, -0.25) is 10.6 Å². The van der Waals surface area contributed by atoms with Crippen molar-refractivity contribution in [2.75, 3.05) is 30.5 Å². The minimum atomic E-state index is -0.700. The van der Waals surface area contributed by atoms with Crippen LogP contribution in [0.1, 0.15) is 45.1 Å². The van der Waals surface area contributed by atoms with Crippen molar-refractivity contribution in [1.29, 1.82) is 0 Å². The number of esters is 1. The van der Waals surface area contributed by atoms with Crippen LogP contribution in [0.4, 0.5) is 21.0 Å². The Morgan fingerprint density at radius 1 is 1.07 bits per heavy atom. The summed E-state index contributed by atoms with van der Waals surface area (Å²) in [6.07, 6.45) is 4.02. The number of benzene rings is 1. The molecule has 0 bridgehead atoms. The smallest absolute Gasteiger partial charge is 0.411 e. The number of rotatable bonds is 12. The Labute approximate surface area is 178 Å². The molecule has 8 nitrogen and oxygen atoms in total. The van der Waals surface area contributed by atoms with Crippen molar-refractivity contribution in [3.05, 3.63) is 36.4 Å². The third-order valence-corrected chi connectivity index (χ3v) is 4.44. The van der Waals surface area contributed by atoms with Crippen molar-refractivity contribution in [3.8, 4) is 0 Å². The van der Waals surface area contributed by atoms with Crippen LogP contribution in [-0.2, 0) is 19.0 Å². The van der Waals surface area contributed by atoms with Gasteiger partial charge in [0.25, 0.3) is 0 Å². The average molecular weight is 421 g/mol. The van der Waals surface area contributed by atoms with Gasteiger partial charge in [-0.25, -0.2) is 14.4 Å². The van der Waals surface area contributed by atoms with Crippen LogP contribution in [0.25, 0.3) is 0 Å². The summed E-state index contributed by atoms with van der Waals surface area (Å²) in [5, 5.41) is 5.26. The second kappa shape index (κ2) is 14.0. The lowest BCUT2D eigenvalue weighted by Gasteiger charge is -2.15. The fourth-order valence-electron chi connectivity index (χ4n) is 2.56. The summed E-state index contributed by atoms with van der Waals surface area (Å²) < 4.78 is 15.0. The molecule has 0 aromatic heterocycles. The minimum absolute atomic E-state index is 0.0678.